The van der Waals surface area contributed by atoms with Gasteiger partial charge < -0.3 is 19.5 Å². The number of aromatic nitrogens is 1. The molecule has 0 aliphatic carbocycles. The predicted octanol–water partition coefficient (Wildman–Crippen LogP) is 1.36. The van der Waals surface area contributed by atoms with E-state index in [2.05, 4.69) is 15.9 Å². The maximum atomic E-state index is 12.5. The zero-order valence-electron chi connectivity index (χ0n) is 12.0. The van der Waals surface area contributed by atoms with Crippen molar-refractivity contribution < 1.29 is 14.7 Å². The maximum Gasteiger partial charge on any atom is 0.323 e. The van der Waals surface area contributed by atoms with Gasteiger partial charge in [-0.1, -0.05) is 0 Å². The second kappa shape index (κ2) is 7.44. The van der Waals surface area contributed by atoms with Gasteiger partial charge in [0, 0.05) is 30.3 Å². The van der Waals surface area contributed by atoms with Crippen molar-refractivity contribution in [3.63, 3.8) is 0 Å². The molecule has 112 valence electrons. The lowest BCUT2D eigenvalue weighted by Gasteiger charge is -2.23. The number of likely N-dealkylation sites (N-methyl/N-ethyl adjacent to an activating group) is 1. The Morgan fingerprint density at radius 1 is 1.35 bits per heavy atom. The third-order valence-electron chi connectivity index (χ3n) is 2.85. The van der Waals surface area contributed by atoms with Crippen molar-refractivity contribution in [3.05, 3.63) is 22.4 Å². The van der Waals surface area contributed by atoms with E-state index in [9.17, 15) is 9.59 Å². The lowest BCUT2D eigenvalue weighted by molar-refractivity contribution is -0.137. The van der Waals surface area contributed by atoms with Crippen molar-refractivity contribution in [1.29, 1.82) is 0 Å². The molecule has 0 aliphatic heterocycles. The Kier molecular flexibility index (Phi) is 6.22. The van der Waals surface area contributed by atoms with Crippen LogP contribution in [0.15, 0.2) is 16.7 Å². The maximum absolute atomic E-state index is 12.5. The molecular weight excluding hydrogens is 326 g/mol. The highest BCUT2D eigenvalue weighted by atomic mass is 79.9. The van der Waals surface area contributed by atoms with Crippen molar-refractivity contribution >= 4 is 27.8 Å². The van der Waals surface area contributed by atoms with Gasteiger partial charge in [0.05, 0.1) is 0 Å². The van der Waals surface area contributed by atoms with Crippen molar-refractivity contribution in [1.82, 2.24) is 14.4 Å². The van der Waals surface area contributed by atoms with Crippen LogP contribution < -0.4 is 0 Å². The van der Waals surface area contributed by atoms with E-state index in [1.807, 2.05) is 32.1 Å². The lowest BCUT2D eigenvalue weighted by Crippen LogP contribution is -2.40. The number of rotatable bonds is 7. The Labute approximate surface area is 127 Å². The number of hydrogen-bond donors (Lipinski definition) is 1. The van der Waals surface area contributed by atoms with Crippen LogP contribution in [-0.2, 0) is 11.3 Å². The summed E-state index contributed by atoms with van der Waals surface area (Å²) in [5.74, 6) is -1.27. The van der Waals surface area contributed by atoms with Crippen LogP contribution in [0.25, 0.3) is 0 Å². The average Bonchev–Trinajstić information content (AvgIpc) is 2.74. The van der Waals surface area contributed by atoms with Gasteiger partial charge in [-0.15, -0.1) is 0 Å². The second-order valence-corrected chi connectivity index (χ2v) is 5.67. The van der Waals surface area contributed by atoms with Crippen LogP contribution in [0.1, 0.15) is 17.4 Å². The van der Waals surface area contributed by atoms with Crippen LogP contribution in [0.5, 0.6) is 0 Å². The first-order chi connectivity index (χ1) is 9.35. The molecule has 1 amide bonds. The SMILES string of the molecule is CCn1cc(Br)cc1C(=O)N(CCN(C)C)CC(=O)O. The molecule has 1 aromatic heterocycles. The van der Waals surface area contributed by atoms with E-state index in [0.717, 1.165) is 4.47 Å². The van der Waals surface area contributed by atoms with E-state index in [1.54, 1.807) is 10.6 Å². The Bertz CT molecular complexity index is 485. The Morgan fingerprint density at radius 2 is 2.00 bits per heavy atom. The molecule has 1 rings (SSSR count). The topological polar surface area (TPSA) is 65.8 Å². The molecule has 0 bridgehead atoms. The highest BCUT2D eigenvalue weighted by Gasteiger charge is 2.21. The van der Waals surface area contributed by atoms with E-state index in [0.29, 0.717) is 25.3 Å². The molecule has 0 spiro atoms. The molecule has 0 atom stereocenters. The molecule has 7 heteroatoms. The first-order valence-electron chi connectivity index (χ1n) is 6.36. The highest BCUT2D eigenvalue weighted by Crippen LogP contribution is 2.16. The Morgan fingerprint density at radius 3 is 2.50 bits per heavy atom. The lowest BCUT2D eigenvalue weighted by atomic mass is 10.3. The molecule has 6 nitrogen and oxygen atoms in total. The van der Waals surface area contributed by atoms with E-state index in [1.165, 1.54) is 4.90 Å². The summed E-state index contributed by atoms with van der Waals surface area (Å²) in [6, 6.07) is 1.72. The van der Waals surface area contributed by atoms with E-state index >= 15 is 0 Å². The summed E-state index contributed by atoms with van der Waals surface area (Å²) < 4.78 is 2.61. The van der Waals surface area contributed by atoms with Gasteiger partial charge in [0.2, 0.25) is 0 Å². The molecule has 1 aromatic rings. The Balaban J connectivity index is 2.93. The molecule has 0 saturated heterocycles. The largest absolute Gasteiger partial charge is 0.480 e. The molecule has 0 unspecified atom stereocenters. The molecule has 1 heterocycles. The number of carboxylic acid groups (broad SMARTS) is 1. The van der Waals surface area contributed by atoms with Gasteiger partial charge in [-0.25, -0.2) is 0 Å². The fourth-order valence-electron chi connectivity index (χ4n) is 1.81. The van der Waals surface area contributed by atoms with Gasteiger partial charge >= 0.3 is 5.97 Å². The van der Waals surface area contributed by atoms with Gasteiger partial charge in [0.15, 0.2) is 0 Å². The molecule has 0 saturated carbocycles. The highest BCUT2D eigenvalue weighted by molar-refractivity contribution is 9.10. The third kappa shape index (κ3) is 4.64. The summed E-state index contributed by atoms with van der Waals surface area (Å²) in [7, 11) is 3.77. The van der Waals surface area contributed by atoms with Crippen LogP contribution >= 0.6 is 15.9 Å². The number of carbonyl (C=O) groups is 2. The number of halogens is 1. The summed E-state index contributed by atoms with van der Waals surface area (Å²) in [6.45, 7) is 3.29. The smallest absolute Gasteiger partial charge is 0.323 e. The van der Waals surface area contributed by atoms with Gasteiger partial charge in [-0.2, -0.15) is 0 Å². The summed E-state index contributed by atoms with van der Waals surface area (Å²) in [6.07, 6.45) is 1.82. The molecule has 20 heavy (non-hydrogen) atoms. The van der Waals surface area contributed by atoms with E-state index in [4.69, 9.17) is 5.11 Å². The standard InChI is InChI=1S/C13H20BrN3O3/c1-4-16-8-10(14)7-11(16)13(20)17(9-12(18)19)6-5-15(2)3/h7-8H,4-6,9H2,1-3H3,(H,18,19). The van der Waals surface area contributed by atoms with Gasteiger partial charge in [0.25, 0.3) is 5.91 Å². The van der Waals surface area contributed by atoms with Crippen LogP contribution in [0, 0.1) is 0 Å². The van der Waals surface area contributed by atoms with Gasteiger partial charge in [0.1, 0.15) is 12.2 Å². The van der Waals surface area contributed by atoms with Crippen LogP contribution in [0.4, 0.5) is 0 Å². The van der Waals surface area contributed by atoms with Crippen molar-refractivity contribution in [2.24, 2.45) is 0 Å². The average molecular weight is 346 g/mol. The summed E-state index contributed by atoms with van der Waals surface area (Å²) in [5.41, 5.74) is 0.499. The van der Waals surface area contributed by atoms with Crippen LogP contribution in [-0.4, -0.2) is 65.1 Å². The molecule has 0 radical (unpaired) electrons. The monoisotopic (exact) mass is 345 g/mol. The summed E-state index contributed by atoms with van der Waals surface area (Å²) >= 11 is 3.34. The number of carboxylic acids is 1. The summed E-state index contributed by atoms with van der Waals surface area (Å²) in [5, 5.41) is 8.95. The molecule has 1 N–H and O–H groups in total. The molecule has 0 aromatic carbocycles. The van der Waals surface area contributed by atoms with Crippen molar-refractivity contribution in [3.8, 4) is 0 Å². The zero-order chi connectivity index (χ0) is 15.3. The normalized spacial score (nSPS) is 10.8. The Hall–Kier alpha value is -1.34. The van der Waals surface area contributed by atoms with Crippen LogP contribution in [0.2, 0.25) is 0 Å². The van der Waals surface area contributed by atoms with Gasteiger partial charge in [-0.3, -0.25) is 9.59 Å². The molecule has 0 aliphatic rings. The third-order valence-corrected chi connectivity index (χ3v) is 3.29. The van der Waals surface area contributed by atoms with Gasteiger partial charge in [-0.05, 0) is 43.0 Å². The van der Waals surface area contributed by atoms with E-state index < -0.39 is 5.97 Å². The number of aliphatic carboxylic acids is 1. The number of amides is 1. The van der Waals surface area contributed by atoms with Crippen molar-refractivity contribution in [2.45, 2.75) is 13.5 Å². The van der Waals surface area contributed by atoms with Crippen molar-refractivity contribution in [2.75, 3.05) is 33.7 Å². The minimum Gasteiger partial charge on any atom is -0.480 e. The number of nitrogens with zero attached hydrogens (tertiary/aromatic N) is 3. The fraction of sp³-hybridized carbons (Fsp3) is 0.538. The predicted molar refractivity (Wildman–Crippen MR) is 79.9 cm³/mol. The fourth-order valence-corrected chi connectivity index (χ4v) is 2.28. The summed E-state index contributed by atoms with van der Waals surface area (Å²) in [4.78, 5) is 26.7. The van der Waals surface area contributed by atoms with E-state index in [-0.39, 0.29) is 12.5 Å². The number of carbonyl (C=O) groups excluding carboxylic acids is 1. The first-order valence-corrected chi connectivity index (χ1v) is 7.16. The zero-order valence-corrected chi connectivity index (χ0v) is 13.6. The minimum atomic E-state index is -1.01. The second-order valence-electron chi connectivity index (χ2n) is 4.75. The van der Waals surface area contributed by atoms with Crippen LogP contribution in [0.3, 0.4) is 0 Å². The number of aryl methyl sites for hydroxylation is 1. The number of hydrogen-bond acceptors (Lipinski definition) is 3. The minimum absolute atomic E-state index is 0.262. The quantitative estimate of drug-likeness (QED) is 0.810. The molecule has 0 fully saturated rings. The molecular formula is C13H20BrN3O3. The first kappa shape index (κ1) is 16.7.